The second-order valence-electron chi connectivity index (χ2n) is 7.81. The average molecular weight is 553 g/mol. The predicted octanol–water partition coefficient (Wildman–Crippen LogP) is 5.53. The molecule has 0 aliphatic carbocycles. The van der Waals surface area contributed by atoms with Crippen molar-refractivity contribution in [2.75, 3.05) is 18.7 Å². The van der Waals surface area contributed by atoms with Crippen LogP contribution in [0.1, 0.15) is 18.1 Å². The van der Waals surface area contributed by atoms with Gasteiger partial charge in [-0.3, -0.25) is 9.59 Å². The second kappa shape index (κ2) is 11.2. The standard InChI is InChI=1S/C27H22BrFN2O5/c1-17(32)35-16-24-23(27(33)31(30-24)22-5-3-4-20(28)14-22)12-19-8-11-25(34-2)26(13-19)36-15-18-6-9-21(29)10-7-18/h3-14H,15-16H2,1-2H3/b23-12-. The first kappa shape index (κ1) is 25.1. The van der Waals surface area contributed by atoms with Crippen LogP contribution in [0.2, 0.25) is 0 Å². The summed E-state index contributed by atoms with van der Waals surface area (Å²) < 4.78 is 30.4. The van der Waals surface area contributed by atoms with Gasteiger partial charge in [-0.25, -0.2) is 4.39 Å². The van der Waals surface area contributed by atoms with Crippen LogP contribution in [0.3, 0.4) is 0 Å². The van der Waals surface area contributed by atoms with E-state index in [4.69, 9.17) is 14.2 Å². The van der Waals surface area contributed by atoms with Crippen LogP contribution in [0.5, 0.6) is 11.5 Å². The van der Waals surface area contributed by atoms with E-state index in [9.17, 15) is 14.0 Å². The Bertz CT molecular complexity index is 1350. The van der Waals surface area contributed by atoms with Crippen molar-refractivity contribution in [3.63, 3.8) is 0 Å². The number of anilines is 1. The van der Waals surface area contributed by atoms with E-state index in [1.54, 1.807) is 54.6 Å². The van der Waals surface area contributed by atoms with Gasteiger partial charge in [0.25, 0.3) is 5.91 Å². The van der Waals surface area contributed by atoms with E-state index in [1.807, 2.05) is 6.07 Å². The minimum atomic E-state index is -0.480. The molecule has 0 N–H and O–H groups in total. The fourth-order valence-corrected chi connectivity index (χ4v) is 3.85. The van der Waals surface area contributed by atoms with Crippen molar-refractivity contribution < 1.29 is 28.2 Å². The lowest BCUT2D eigenvalue weighted by atomic mass is 10.1. The van der Waals surface area contributed by atoms with Crippen LogP contribution >= 0.6 is 15.9 Å². The summed E-state index contributed by atoms with van der Waals surface area (Å²) in [5.74, 6) is -0.217. The highest BCUT2D eigenvalue weighted by Crippen LogP contribution is 2.32. The number of esters is 1. The zero-order valence-electron chi connectivity index (χ0n) is 19.5. The van der Waals surface area contributed by atoms with Crippen molar-refractivity contribution in [1.82, 2.24) is 0 Å². The predicted molar refractivity (Wildman–Crippen MR) is 137 cm³/mol. The number of rotatable bonds is 8. The van der Waals surface area contributed by atoms with E-state index in [0.717, 1.165) is 10.0 Å². The van der Waals surface area contributed by atoms with Crippen LogP contribution in [-0.2, 0) is 20.9 Å². The molecule has 0 atom stereocenters. The molecule has 0 saturated heterocycles. The second-order valence-corrected chi connectivity index (χ2v) is 8.72. The number of carbonyl (C=O) groups is 2. The first-order chi connectivity index (χ1) is 17.3. The smallest absolute Gasteiger partial charge is 0.303 e. The number of carbonyl (C=O) groups excluding carboxylic acids is 2. The average Bonchev–Trinajstić information content (AvgIpc) is 3.17. The van der Waals surface area contributed by atoms with Gasteiger partial charge in [-0.15, -0.1) is 0 Å². The first-order valence-electron chi connectivity index (χ1n) is 10.9. The molecule has 0 fully saturated rings. The first-order valence-corrected chi connectivity index (χ1v) is 11.7. The summed E-state index contributed by atoms with van der Waals surface area (Å²) in [5.41, 5.74) is 2.61. The number of halogens is 2. The van der Waals surface area contributed by atoms with Crippen molar-refractivity contribution in [2.24, 2.45) is 5.10 Å². The van der Waals surface area contributed by atoms with Crippen molar-refractivity contribution in [1.29, 1.82) is 0 Å². The van der Waals surface area contributed by atoms with Gasteiger partial charge < -0.3 is 14.2 Å². The Hall–Kier alpha value is -3.98. The Morgan fingerprint density at radius 1 is 1.06 bits per heavy atom. The molecule has 9 heteroatoms. The lowest BCUT2D eigenvalue weighted by Gasteiger charge is -2.13. The van der Waals surface area contributed by atoms with E-state index in [0.29, 0.717) is 28.5 Å². The Balaban J connectivity index is 1.64. The molecule has 1 aliphatic heterocycles. The van der Waals surface area contributed by atoms with Crippen LogP contribution in [-0.4, -0.2) is 31.3 Å². The zero-order valence-corrected chi connectivity index (χ0v) is 21.1. The molecule has 1 amide bonds. The molecule has 3 aromatic carbocycles. The summed E-state index contributed by atoms with van der Waals surface area (Å²) in [5, 5.41) is 5.69. The number of hydrogen-bond acceptors (Lipinski definition) is 6. The molecule has 0 radical (unpaired) electrons. The number of amides is 1. The Labute approximate surface area is 215 Å². The molecule has 0 saturated carbocycles. The van der Waals surface area contributed by atoms with Crippen molar-refractivity contribution in [3.8, 4) is 11.5 Å². The van der Waals surface area contributed by atoms with Gasteiger partial charge in [0, 0.05) is 11.4 Å². The van der Waals surface area contributed by atoms with Crippen molar-refractivity contribution >= 4 is 45.3 Å². The number of hydrazone groups is 1. The molecule has 0 bridgehead atoms. The largest absolute Gasteiger partial charge is 0.493 e. The van der Waals surface area contributed by atoms with Gasteiger partial charge in [-0.2, -0.15) is 10.1 Å². The summed E-state index contributed by atoms with van der Waals surface area (Å²) in [7, 11) is 1.53. The van der Waals surface area contributed by atoms with Gasteiger partial charge in [0.2, 0.25) is 0 Å². The summed E-state index contributed by atoms with van der Waals surface area (Å²) in [4.78, 5) is 24.7. The maximum Gasteiger partial charge on any atom is 0.303 e. The van der Waals surface area contributed by atoms with E-state index in [2.05, 4.69) is 21.0 Å². The van der Waals surface area contributed by atoms with Gasteiger partial charge in [-0.1, -0.05) is 40.2 Å². The molecule has 1 aliphatic rings. The maximum atomic E-state index is 13.3. The molecule has 184 valence electrons. The Kier molecular flexibility index (Phi) is 7.80. The Morgan fingerprint density at radius 2 is 1.83 bits per heavy atom. The SMILES string of the molecule is COc1ccc(/C=C2\C(=O)N(c3cccc(Br)c3)N=C2COC(C)=O)cc1OCc1ccc(F)cc1. The van der Waals surface area contributed by atoms with Crippen LogP contribution in [0, 0.1) is 5.82 Å². The summed E-state index contributed by atoms with van der Waals surface area (Å²) in [6.07, 6.45) is 1.66. The lowest BCUT2D eigenvalue weighted by Crippen LogP contribution is -2.21. The van der Waals surface area contributed by atoms with E-state index >= 15 is 0 Å². The highest BCUT2D eigenvalue weighted by molar-refractivity contribution is 9.10. The van der Waals surface area contributed by atoms with E-state index in [1.165, 1.54) is 31.2 Å². The fraction of sp³-hybridized carbons (Fsp3) is 0.148. The quantitative estimate of drug-likeness (QED) is 0.271. The number of nitrogens with zero attached hydrogens (tertiary/aromatic N) is 2. The topological polar surface area (TPSA) is 77.4 Å². The number of hydrogen-bond donors (Lipinski definition) is 0. The molecule has 0 aromatic heterocycles. The van der Waals surface area contributed by atoms with Crippen molar-refractivity contribution in [3.05, 3.63) is 93.7 Å². The lowest BCUT2D eigenvalue weighted by molar-refractivity contribution is -0.139. The van der Waals surface area contributed by atoms with Crippen LogP contribution in [0.4, 0.5) is 10.1 Å². The highest BCUT2D eigenvalue weighted by Gasteiger charge is 2.32. The highest BCUT2D eigenvalue weighted by atomic mass is 79.9. The summed E-state index contributed by atoms with van der Waals surface area (Å²) in [6, 6.07) is 18.4. The van der Waals surface area contributed by atoms with Gasteiger partial charge in [-0.05, 0) is 59.7 Å². The summed E-state index contributed by atoms with van der Waals surface area (Å²) >= 11 is 3.40. The summed E-state index contributed by atoms with van der Waals surface area (Å²) in [6.45, 7) is 1.34. The molecule has 3 aromatic rings. The Morgan fingerprint density at radius 3 is 2.53 bits per heavy atom. The van der Waals surface area contributed by atoms with Gasteiger partial charge in [0.1, 0.15) is 24.7 Å². The fourth-order valence-electron chi connectivity index (χ4n) is 3.47. The third kappa shape index (κ3) is 5.98. The number of benzene rings is 3. The third-order valence-electron chi connectivity index (χ3n) is 5.23. The molecule has 36 heavy (non-hydrogen) atoms. The van der Waals surface area contributed by atoms with Gasteiger partial charge in [0.05, 0.1) is 18.4 Å². The molecule has 0 unspecified atom stereocenters. The molecule has 7 nitrogen and oxygen atoms in total. The van der Waals surface area contributed by atoms with Crippen LogP contribution in [0.15, 0.2) is 81.9 Å². The van der Waals surface area contributed by atoms with E-state index < -0.39 is 5.97 Å². The van der Waals surface area contributed by atoms with Gasteiger partial charge >= 0.3 is 5.97 Å². The van der Waals surface area contributed by atoms with Gasteiger partial charge in [0.15, 0.2) is 11.5 Å². The maximum absolute atomic E-state index is 13.3. The monoisotopic (exact) mass is 552 g/mol. The molecular formula is C27H22BrFN2O5. The van der Waals surface area contributed by atoms with Crippen LogP contribution in [0.25, 0.3) is 6.08 Å². The third-order valence-corrected chi connectivity index (χ3v) is 5.72. The van der Waals surface area contributed by atoms with Crippen molar-refractivity contribution in [2.45, 2.75) is 13.5 Å². The minimum absolute atomic E-state index is 0.151. The number of ether oxygens (including phenoxy) is 3. The van der Waals surface area contributed by atoms with E-state index in [-0.39, 0.29) is 30.5 Å². The molecular weight excluding hydrogens is 531 g/mol. The normalized spacial score (nSPS) is 14.1. The molecule has 0 spiro atoms. The molecule has 1 heterocycles. The zero-order chi connectivity index (χ0) is 25.7. The van der Waals surface area contributed by atoms with Crippen LogP contribution < -0.4 is 14.5 Å². The number of methoxy groups -OCH3 is 1. The minimum Gasteiger partial charge on any atom is -0.493 e. The molecule has 4 rings (SSSR count).